The molecule has 0 spiro atoms. The fraction of sp³-hybridized carbons (Fsp3) is 0.769. The molecule has 1 rings (SSSR count). The Hall–Kier alpha value is -1.79. The third-order valence-electron chi connectivity index (χ3n) is 3.51. The van der Waals surface area contributed by atoms with Crippen LogP contribution < -0.4 is 5.32 Å². The number of carboxylic acids is 1. The lowest BCUT2D eigenvalue weighted by Gasteiger charge is -2.41. The summed E-state index contributed by atoms with van der Waals surface area (Å²) in [4.78, 5) is 35.9. The molecule has 1 atom stereocenters. The molecule has 7 nitrogen and oxygen atoms in total. The quantitative estimate of drug-likeness (QED) is 0.734. The Balaban J connectivity index is 2.52. The summed E-state index contributed by atoms with van der Waals surface area (Å²) in [5, 5.41) is 11.9. The van der Waals surface area contributed by atoms with Crippen LogP contribution >= 0.6 is 0 Å². The molecule has 1 unspecified atom stereocenters. The minimum atomic E-state index is -1.17. The number of esters is 1. The molecule has 0 aliphatic carbocycles. The molecule has 1 heterocycles. The third-order valence-corrected chi connectivity index (χ3v) is 3.51. The number of nitrogens with one attached hydrogen (secondary N) is 1. The van der Waals surface area contributed by atoms with E-state index in [9.17, 15) is 19.5 Å². The van der Waals surface area contributed by atoms with Crippen molar-refractivity contribution in [2.75, 3.05) is 19.7 Å². The summed E-state index contributed by atoms with van der Waals surface area (Å²) in [5.74, 6) is -1.38. The van der Waals surface area contributed by atoms with Crippen molar-refractivity contribution in [2.24, 2.45) is 0 Å². The number of piperidine rings is 1. The average Bonchev–Trinajstić information content (AvgIpc) is 2.39. The fourth-order valence-electron chi connectivity index (χ4n) is 2.27. The molecule has 20 heavy (non-hydrogen) atoms. The van der Waals surface area contributed by atoms with Crippen LogP contribution in [0.15, 0.2) is 0 Å². The molecule has 0 radical (unpaired) electrons. The maximum Gasteiger partial charge on any atom is 0.329 e. The molecule has 2 N–H and O–H groups in total. The van der Waals surface area contributed by atoms with Gasteiger partial charge in [0.1, 0.15) is 5.54 Å². The van der Waals surface area contributed by atoms with Crippen molar-refractivity contribution in [3.8, 4) is 0 Å². The van der Waals surface area contributed by atoms with Crippen LogP contribution in [0.4, 0.5) is 4.79 Å². The van der Waals surface area contributed by atoms with Gasteiger partial charge in [-0.15, -0.1) is 0 Å². The van der Waals surface area contributed by atoms with Crippen LogP contribution in [0.5, 0.6) is 0 Å². The van der Waals surface area contributed by atoms with Crippen molar-refractivity contribution >= 4 is 18.0 Å². The lowest BCUT2D eigenvalue weighted by molar-refractivity contribution is -0.150. The number of urea groups is 1. The summed E-state index contributed by atoms with van der Waals surface area (Å²) in [6.07, 6.45) is 2.09. The molecule has 1 saturated heterocycles. The van der Waals surface area contributed by atoms with E-state index in [4.69, 9.17) is 4.74 Å². The van der Waals surface area contributed by atoms with E-state index in [0.717, 1.165) is 12.8 Å². The Kier molecular flexibility index (Phi) is 5.79. The SMILES string of the molecule is CCOC(=O)CCNC(=O)N1CCCCC1(C)C(=O)O. The molecule has 0 aromatic carbocycles. The molecule has 0 saturated carbocycles. The van der Waals surface area contributed by atoms with Crippen LogP contribution in [-0.2, 0) is 14.3 Å². The minimum Gasteiger partial charge on any atom is -0.480 e. The Morgan fingerprint density at radius 2 is 2.05 bits per heavy atom. The molecular weight excluding hydrogens is 264 g/mol. The van der Waals surface area contributed by atoms with Crippen LogP contribution in [0.25, 0.3) is 0 Å². The first-order valence-corrected chi connectivity index (χ1v) is 6.86. The minimum absolute atomic E-state index is 0.0806. The second kappa shape index (κ2) is 7.12. The number of aliphatic carboxylic acids is 1. The number of hydrogen-bond donors (Lipinski definition) is 2. The predicted molar refractivity (Wildman–Crippen MR) is 71.2 cm³/mol. The molecule has 1 aliphatic heterocycles. The Bertz CT molecular complexity index is 385. The van der Waals surface area contributed by atoms with E-state index in [1.165, 1.54) is 4.90 Å². The number of amides is 2. The van der Waals surface area contributed by atoms with Gasteiger partial charge in [0.15, 0.2) is 0 Å². The average molecular weight is 286 g/mol. The van der Waals surface area contributed by atoms with Crippen LogP contribution in [0.1, 0.15) is 39.5 Å². The molecule has 114 valence electrons. The highest BCUT2D eigenvalue weighted by atomic mass is 16.5. The van der Waals surface area contributed by atoms with Crippen molar-refractivity contribution in [1.82, 2.24) is 10.2 Å². The molecule has 7 heteroatoms. The van der Waals surface area contributed by atoms with E-state index < -0.39 is 17.5 Å². The number of carbonyl (C=O) groups excluding carboxylic acids is 2. The lowest BCUT2D eigenvalue weighted by Crippen LogP contribution is -2.60. The molecule has 2 amide bonds. The smallest absolute Gasteiger partial charge is 0.329 e. The maximum absolute atomic E-state index is 12.1. The normalized spacial score (nSPS) is 22.2. The fourth-order valence-corrected chi connectivity index (χ4v) is 2.27. The van der Waals surface area contributed by atoms with Crippen molar-refractivity contribution < 1.29 is 24.2 Å². The van der Waals surface area contributed by atoms with Gasteiger partial charge in [0.25, 0.3) is 0 Å². The third kappa shape index (κ3) is 3.85. The number of carboxylic acid groups (broad SMARTS) is 1. The summed E-state index contributed by atoms with van der Waals surface area (Å²) >= 11 is 0. The lowest BCUT2D eigenvalue weighted by atomic mass is 9.89. The highest BCUT2D eigenvalue weighted by Gasteiger charge is 2.43. The van der Waals surface area contributed by atoms with Gasteiger partial charge in [-0.05, 0) is 33.1 Å². The van der Waals surface area contributed by atoms with Crippen LogP contribution in [0.3, 0.4) is 0 Å². The van der Waals surface area contributed by atoms with Crippen LogP contribution in [0, 0.1) is 0 Å². The summed E-state index contributed by atoms with van der Waals surface area (Å²) in [6, 6.07) is -0.445. The van der Waals surface area contributed by atoms with Gasteiger partial charge in [0.2, 0.25) is 0 Å². The largest absolute Gasteiger partial charge is 0.480 e. The van der Waals surface area contributed by atoms with E-state index in [2.05, 4.69) is 5.32 Å². The predicted octanol–water partition coefficient (Wildman–Crippen LogP) is 0.978. The maximum atomic E-state index is 12.1. The number of nitrogens with zero attached hydrogens (tertiary/aromatic N) is 1. The standard InChI is InChI=1S/C13H22N2O5/c1-3-20-10(16)6-8-14-12(19)15-9-5-4-7-13(15,2)11(17)18/h3-9H2,1-2H3,(H,14,19)(H,17,18). The Morgan fingerprint density at radius 1 is 1.35 bits per heavy atom. The van der Waals surface area contributed by atoms with Crippen LogP contribution in [0.2, 0.25) is 0 Å². The van der Waals surface area contributed by atoms with Gasteiger partial charge in [0, 0.05) is 13.1 Å². The van der Waals surface area contributed by atoms with E-state index in [1.54, 1.807) is 13.8 Å². The number of ether oxygens (including phenoxy) is 1. The molecule has 0 bridgehead atoms. The first-order valence-electron chi connectivity index (χ1n) is 6.86. The molecule has 1 aliphatic rings. The number of carbonyl (C=O) groups is 3. The van der Waals surface area contributed by atoms with Gasteiger partial charge in [0.05, 0.1) is 13.0 Å². The Morgan fingerprint density at radius 3 is 2.65 bits per heavy atom. The zero-order valence-electron chi connectivity index (χ0n) is 12.0. The van der Waals surface area contributed by atoms with Gasteiger partial charge < -0.3 is 20.1 Å². The van der Waals surface area contributed by atoms with E-state index in [1.807, 2.05) is 0 Å². The second-order valence-electron chi connectivity index (χ2n) is 4.97. The Labute approximate surface area is 118 Å². The number of likely N-dealkylation sites (tertiary alicyclic amines) is 1. The van der Waals surface area contributed by atoms with Crippen molar-refractivity contribution in [1.29, 1.82) is 0 Å². The van der Waals surface area contributed by atoms with E-state index in [-0.39, 0.29) is 18.9 Å². The summed E-state index contributed by atoms with van der Waals surface area (Å²) < 4.78 is 4.75. The van der Waals surface area contributed by atoms with Gasteiger partial charge >= 0.3 is 18.0 Å². The van der Waals surface area contributed by atoms with Gasteiger partial charge in [-0.1, -0.05) is 0 Å². The molecular formula is C13H22N2O5. The molecule has 0 aromatic heterocycles. The van der Waals surface area contributed by atoms with Crippen molar-refractivity contribution in [3.63, 3.8) is 0 Å². The van der Waals surface area contributed by atoms with Crippen molar-refractivity contribution in [2.45, 2.75) is 45.1 Å². The molecule has 1 fully saturated rings. The van der Waals surface area contributed by atoms with E-state index >= 15 is 0 Å². The van der Waals surface area contributed by atoms with Crippen LogP contribution in [-0.4, -0.2) is 53.2 Å². The number of hydrogen-bond acceptors (Lipinski definition) is 4. The highest BCUT2D eigenvalue weighted by Crippen LogP contribution is 2.28. The van der Waals surface area contributed by atoms with Gasteiger partial charge in [-0.2, -0.15) is 0 Å². The zero-order valence-corrected chi connectivity index (χ0v) is 12.0. The highest BCUT2D eigenvalue weighted by molar-refractivity contribution is 5.86. The second-order valence-corrected chi connectivity index (χ2v) is 4.97. The number of rotatable bonds is 5. The topological polar surface area (TPSA) is 95.9 Å². The zero-order chi connectivity index (χ0) is 15.2. The molecule has 0 aromatic rings. The van der Waals surface area contributed by atoms with Crippen molar-refractivity contribution in [3.05, 3.63) is 0 Å². The summed E-state index contributed by atoms with van der Waals surface area (Å²) in [7, 11) is 0. The van der Waals surface area contributed by atoms with Gasteiger partial charge in [-0.3, -0.25) is 4.79 Å². The summed E-state index contributed by atoms with van der Waals surface area (Å²) in [5.41, 5.74) is -1.17. The van der Waals surface area contributed by atoms with E-state index in [0.29, 0.717) is 19.6 Å². The summed E-state index contributed by atoms with van der Waals surface area (Å²) in [6.45, 7) is 4.12. The first-order chi connectivity index (χ1) is 9.41. The monoisotopic (exact) mass is 286 g/mol. The van der Waals surface area contributed by atoms with Gasteiger partial charge in [-0.25, -0.2) is 9.59 Å². The first kappa shape index (κ1) is 16.3.